The number of nitro benzene ring substituents is 1. The normalized spacial score (nSPS) is 12.3. The van der Waals surface area contributed by atoms with Gasteiger partial charge in [0.1, 0.15) is 0 Å². The van der Waals surface area contributed by atoms with Crippen LogP contribution in [0.4, 0.5) is 5.69 Å². The summed E-state index contributed by atoms with van der Waals surface area (Å²) in [6, 6.07) is 8.97. The van der Waals surface area contributed by atoms with Gasteiger partial charge in [-0.2, -0.15) is 0 Å². The van der Waals surface area contributed by atoms with Gasteiger partial charge in [0.05, 0.1) is 8.71 Å². The first kappa shape index (κ1) is 15.6. The van der Waals surface area contributed by atoms with Crippen LogP contribution >= 0.6 is 43.2 Å². The molecule has 1 heterocycles. The molecule has 7 heteroatoms. The summed E-state index contributed by atoms with van der Waals surface area (Å²) >= 11 is 8.65. The van der Waals surface area contributed by atoms with Crippen molar-refractivity contribution in [3.8, 4) is 0 Å². The fourth-order valence-electron chi connectivity index (χ4n) is 1.87. The van der Waals surface area contributed by atoms with E-state index in [0.29, 0.717) is 0 Å². The molecule has 2 aromatic rings. The van der Waals surface area contributed by atoms with Gasteiger partial charge in [0.2, 0.25) is 0 Å². The Morgan fingerprint density at radius 1 is 1.35 bits per heavy atom. The molecule has 0 aliphatic heterocycles. The van der Waals surface area contributed by atoms with Crippen LogP contribution in [0.15, 0.2) is 38.6 Å². The maximum atomic E-state index is 10.6. The average Bonchev–Trinajstić information content (AvgIpc) is 2.76. The van der Waals surface area contributed by atoms with Gasteiger partial charge in [0.25, 0.3) is 5.69 Å². The number of nitrogens with zero attached hydrogens (tertiary/aromatic N) is 1. The highest BCUT2D eigenvalue weighted by atomic mass is 79.9. The number of rotatable bonds is 5. The summed E-state index contributed by atoms with van der Waals surface area (Å²) in [4.78, 5) is 11.5. The van der Waals surface area contributed by atoms with Crippen LogP contribution in [0.2, 0.25) is 0 Å². The van der Waals surface area contributed by atoms with E-state index in [1.165, 1.54) is 4.88 Å². The van der Waals surface area contributed by atoms with Gasteiger partial charge in [-0.25, -0.2) is 0 Å². The topological polar surface area (TPSA) is 55.2 Å². The predicted octanol–water partition coefficient (Wildman–Crippen LogP) is 4.68. The van der Waals surface area contributed by atoms with Crippen LogP contribution in [0.5, 0.6) is 0 Å². The Labute approximate surface area is 137 Å². The second-order valence-electron chi connectivity index (χ2n) is 4.24. The van der Waals surface area contributed by atoms with Crippen molar-refractivity contribution in [1.29, 1.82) is 0 Å². The molecule has 20 heavy (non-hydrogen) atoms. The molecule has 0 fully saturated rings. The van der Waals surface area contributed by atoms with Crippen LogP contribution in [-0.4, -0.2) is 12.0 Å². The molecular formula is C13H12Br2N2O2S. The maximum absolute atomic E-state index is 10.6. The number of nitrogens with one attached hydrogen (secondary N) is 1. The second kappa shape index (κ2) is 6.80. The summed E-state index contributed by atoms with van der Waals surface area (Å²) in [5.74, 6) is 0. The minimum Gasteiger partial charge on any atom is -0.312 e. The SMILES string of the molecule is CNC(Cc1ccc([N+](=O)[O-])cc1)c1cc(Br)c(Br)s1. The smallest absolute Gasteiger partial charge is 0.269 e. The molecule has 1 N–H and O–H groups in total. The standard InChI is InChI=1S/C13H12Br2N2O2S/c1-16-11(12-7-10(14)13(15)20-12)6-8-2-4-9(5-3-8)17(18)19/h2-5,7,11,16H,6H2,1H3. The third-order valence-corrected chi connectivity index (χ3v) is 6.31. The predicted molar refractivity (Wildman–Crippen MR) is 88.3 cm³/mol. The third-order valence-electron chi connectivity index (χ3n) is 2.94. The molecule has 0 aliphatic rings. The lowest BCUT2D eigenvalue weighted by molar-refractivity contribution is -0.384. The summed E-state index contributed by atoms with van der Waals surface area (Å²) < 4.78 is 2.11. The molecule has 0 saturated carbocycles. The first-order valence-electron chi connectivity index (χ1n) is 5.86. The second-order valence-corrected chi connectivity index (χ2v) is 7.50. The molecule has 4 nitrogen and oxygen atoms in total. The van der Waals surface area contributed by atoms with Crippen molar-refractivity contribution in [2.45, 2.75) is 12.5 Å². The van der Waals surface area contributed by atoms with E-state index < -0.39 is 0 Å². The number of halogens is 2. The van der Waals surface area contributed by atoms with Crippen molar-refractivity contribution < 1.29 is 4.92 Å². The Bertz CT molecular complexity index is 594. The van der Waals surface area contributed by atoms with Crippen LogP contribution < -0.4 is 5.32 Å². The Balaban J connectivity index is 2.15. The average molecular weight is 420 g/mol. The van der Waals surface area contributed by atoms with E-state index in [2.05, 4.69) is 43.2 Å². The van der Waals surface area contributed by atoms with Gasteiger partial charge in [0, 0.05) is 27.5 Å². The Hall–Kier alpha value is -0.760. The first-order valence-corrected chi connectivity index (χ1v) is 8.27. The fraction of sp³-hybridized carbons (Fsp3) is 0.231. The molecule has 0 spiro atoms. The highest BCUT2D eigenvalue weighted by Gasteiger charge is 2.15. The highest BCUT2D eigenvalue weighted by Crippen LogP contribution is 2.36. The molecular weight excluding hydrogens is 408 g/mol. The summed E-state index contributed by atoms with van der Waals surface area (Å²) in [7, 11) is 1.91. The number of thiophene rings is 1. The van der Waals surface area contributed by atoms with E-state index in [-0.39, 0.29) is 16.7 Å². The molecule has 1 unspecified atom stereocenters. The molecule has 1 aromatic carbocycles. The molecule has 0 radical (unpaired) electrons. The summed E-state index contributed by atoms with van der Waals surface area (Å²) in [5.41, 5.74) is 1.19. The van der Waals surface area contributed by atoms with E-state index in [0.717, 1.165) is 20.2 Å². The lowest BCUT2D eigenvalue weighted by atomic mass is 10.0. The van der Waals surface area contributed by atoms with Gasteiger partial charge in [0.15, 0.2) is 0 Å². The maximum Gasteiger partial charge on any atom is 0.269 e. The molecule has 1 aromatic heterocycles. The third kappa shape index (κ3) is 3.66. The molecule has 0 saturated heterocycles. The van der Waals surface area contributed by atoms with Crippen molar-refractivity contribution in [1.82, 2.24) is 5.32 Å². The van der Waals surface area contributed by atoms with E-state index >= 15 is 0 Å². The van der Waals surface area contributed by atoms with Gasteiger partial charge < -0.3 is 5.32 Å². The number of hydrogen-bond acceptors (Lipinski definition) is 4. The van der Waals surface area contributed by atoms with Crippen molar-refractivity contribution in [3.05, 3.63) is 59.1 Å². The number of non-ortho nitro benzene ring substituents is 1. The molecule has 106 valence electrons. The molecule has 1 atom stereocenters. The molecule has 0 bridgehead atoms. The number of likely N-dealkylation sites (N-methyl/N-ethyl adjacent to an activating group) is 1. The number of nitro groups is 1. The zero-order chi connectivity index (χ0) is 14.7. The minimum atomic E-state index is -0.382. The van der Waals surface area contributed by atoms with Gasteiger partial charge in [-0.05, 0) is 57.0 Å². The lowest BCUT2D eigenvalue weighted by Gasteiger charge is -2.14. The zero-order valence-electron chi connectivity index (χ0n) is 10.6. The zero-order valence-corrected chi connectivity index (χ0v) is 14.6. The van der Waals surface area contributed by atoms with Crippen LogP contribution in [0.1, 0.15) is 16.5 Å². The van der Waals surface area contributed by atoms with E-state index in [1.54, 1.807) is 35.6 Å². The van der Waals surface area contributed by atoms with Crippen LogP contribution in [0.3, 0.4) is 0 Å². The van der Waals surface area contributed by atoms with Gasteiger partial charge in [-0.3, -0.25) is 10.1 Å². The van der Waals surface area contributed by atoms with E-state index in [4.69, 9.17) is 0 Å². The summed E-state index contributed by atoms with van der Waals surface area (Å²) in [5, 5.41) is 13.9. The van der Waals surface area contributed by atoms with Gasteiger partial charge in [-0.15, -0.1) is 11.3 Å². The minimum absolute atomic E-state index is 0.122. The number of benzene rings is 1. The molecule has 0 aliphatic carbocycles. The van der Waals surface area contributed by atoms with E-state index in [1.807, 2.05) is 7.05 Å². The van der Waals surface area contributed by atoms with Gasteiger partial charge in [-0.1, -0.05) is 12.1 Å². The highest BCUT2D eigenvalue weighted by molar-refractivity contribution is 9.13. The number of hydrogen-bond donors (Lipinski definition) is 1. The largest absolute Gasteiger partial charge is 0.312 e. The summed E-state index contributed by atoms with van der Waals surface area (Å²) in [6.45, 7) is 0. The fourth-order valence-corrected chi connectivity index (χ4v) is 4.07. The van der Waals surface area contributed by atoms with Crippen molar-refractivity contribution in [2.24, 2.45) is 0 Å². The van der Waals surface area contributed by atoms with Crippen molar-refractivity contribution in [2.75, 3.05) is 7.05 Å². The monoisotopic (exact) mass is 418 g/mol. The van der Waals surface area contributed by atoms with Crippen LogP contribution in [-0.2, 0) is 6.42 Å². The Morgan fingerprint density at radius 3 is 2.45 bits per heavy atom. The van der Waals surface area contributed by atoms with Crippen LogP contribution in [0.25, 0.3) is 0 Å². The lowest BCUT2D eigenvalue weighted by Crippen LogP contribution is -2.17. The molecule has 2 rings (SSSR count). The van der Waals surface area contributed by atoms with Crippen LogP contribution in [0, 0.1) is 10.1 Å². The Morgan fingerprint density at radius 2 is 2.00 bits per heavy atom. The van der Waals surface area contributed by atoms with Crippen molar-refractivity contribution in [3.63, 3.8) is 0 Å². The quantitative estimate of drug-likeness (QED) is 0.565. The summed E-state index contributed by atoms with van der Waals surface area (Å²) in [6.07, 6.45) is 0.786. The van der Waals surface area contributed by atoms with E-state index in [9.17, 15) is 10.1 Å². The van der Waals surface area contributed by atoms with Crippen molar-refractivity contribution >= 4 is 48.9 Å². The first-order chi connectivity index (χ1) is 9.51. The Kier molecular flexibility index (Phi) is 5.31. The molecule has 0 amide bonds. The van der Waals surface area contributed by atoms with Gasteiger partial charge >= 0.3 is 0 Å².